The number of nitrogens with zero attached hydrogens (tertiary/aromatic N) is 5. The summed E-state index contributed by atoms with van der Waals surface area (Å²) in [6, 6.07) is 3.65. The predicted octanol–water partition coefficient (Wildman–Crippen LogP) is 3.36. The van der Waals surface area contributed by atoms with Crippen LogP contribution in [0, 0.1) is 21.7 Å². The Balaban J connectivity index is 1.27. The minimum absolute atomic E-state index is 0.226. The molecule has 0 amide bonds. The van der Waals surface area contributed by atoms with E-state index in [1.807, 2.05) is 6.92 Å². The van der Waals surface area contributed by atoms with Crippen LogP contribution in [-0.2, 0) is 19.6 Å². The smallest absolute Gasteiger partial charge is 0.415 e. The zero-order valence-corrected chi connectivity index (χ0v) is 16.1. The Kier molecular flexibility index (Phi) is 3.93. The summed E-state index contributed by atoms with van der Waals surface area (Å²) in [4.78, 5) is 22.0. The normalized spacial score (nSPS) is 20.5. The van der Waals surface area contributed by atoms with Crippen molar-refractivity contribution < 1.29 is 18.4 Å². The average molecular weight is 419 g/mol. The molecule has 4 heterocycles. The van der Waals surface area contributed by atoms with Gasteiger partial charge in [0.2, 0.25) is 0 Å². The van der Waals surface area contributed by atoms with Gasteiger partial charge in [0.25, 0.3) is 0 Å². The van der Waals surface area contributed by atoms with Gasteiger partial charge in [-0.1, -0.05) is 0 Å². The van der Waals surface area contributed by atoms with E-state index in [4.69, 9.17) is 4.74 Å². The standard InChI is InChI=1S/C18H15F2N5O3S/c1-18(9-24-7-15(25(26)27)22-17(24)28-18)8-23-5-13-14(6-23)29-16(21-13)10-2-11(19)4-12(20)3-10/h2-4,7H,5-6,8-9H2,1H3. The second kappa shape index (κ2) is 6.29. The van der Waals surface area contributed by atoms with Gasteiger partial charge in [0.15, 0.2) is 0 Å². The van der Waals surface area contributed by atoms with Crippen LogP contribution in [0.2, 0.25) is 0 Å². The lowest BCUT2D eigenvalue weighted by Crippen LogP contribution is -2.43. The number of benzene rings is 1. The number of nitro groups is 1. The molecule has 2 aliphatic heterocycles. The molecule has 0 saturated carbocycles. The summed E-state index contributed by atoms with van der Waals surface area (Å²) in [5.74, 6) is -1.47. The number of rotatable bonds is 4. The summed E-state index contributed by atoms with van der Waals surface area (Å²) in [6.45, 7) is 4.26. The Hall–Kier alpha value is -2.92. The van der Waals surface area contributed by atoms with Crippen molar-refractivity contribution in [1.82, 2.24) is 19.4 Å². The number of aromatic nitrogens is 3. The highest BCUT2D eigenvalue weighted by molar-refractivity contribution is 7.15. The summed E-state index contributed by atoms with van der Waals surface area (Å²) in [5.41, 5.74) is 0.774. The Labute approximate surface area is 167 Å². The number of ether oxygens (including phenoxy) is 1. The highest BCUT2D eigenvalue weighted by Crippen LogP contribution is 2.37. The largest absolute Gasteiger partial charge is 0.436 e. The molecule has 8 nitrogen and oxygen atoms in total. The molecule has 3 aromatic rings. The highest BCUT2D eigenvalue weighted by Gasteiger charge is 2.42. The number of halogens is 2. The Morgan fingerprint density at radius 3 is 2.69 bits per heavy atom. The summed E-state index contributed by atoms with van der Waals surface area (Å²) in [6.07, 6.45) is 1.38. The number of hydrogen-bond acceptors (Lipinski definition) is 7. The summed E-state index contributed by atoms with van der Waals surface area (Å²) in [5, 5.41) is 11.4. The van der Waals surface area contributed by atoms with Gasteiger partial charge in [-0.05, 0) is 24.0 Å². The second-order valence-electron chi connectivity index (χ2n) is 7.51. The lowest BCUT2D eigenvalue weighted by molar-refractivity contribution is -0.389. The van der Waals surface area contributed by atoms with E-state index < -0.39 is 22.2 Å². The van der Waals surface area contributed by atoms with E-state index in [1.54, 1.807) is 4.57 Å². The third kappa shape index (κ3) is 3.25. The van der Waals surface area contributed by atoms with Gasteiger partial charge in [-0.2, -0.15) is 0 Å². The average Bonchev–Trinajstić information content (AvgIpc) is 3.31. The van der Waals surface area contributed by atoms with Crippen molar-refractivity contribution in [2.24, 2.45) is 0 Å². The highest BCUT2D eigenvalue weighted by atomic mass is 32.1. The van der Waals surface area contributed by atoms with Crippen LogP contribution in [0.3, 0.4) is 0 Å². The first kappa shape index (κ1) is 18.1. The lowest BCUT2D eigenvalue weighted by atomic mass is 10.1. The first-order valence-corrected chi connectivity index (χ1v) is 9.68. The van der Waals surface area contributed by atoms with Crippen LogP contribution >= 0.6 is 11.3 Å². The number of thiazole rings is 1. The predicted molar refractivity (Wildman–Crippen MR) is 99.5 cm³/mol. The molecule has 29 heavy (non-hydrogen) atoms. The van der Waals surface area contributed by atoms with E-state index in [0.29, 0.717) is 36.8 Å². The Bertz CT molecular complexity index is 1080. The minimum atomic E-state index is -0.624. The molecule has 5 rings (SSSR count). The maximum absolute atomic E-state index is 13.5. The van der Waals surface area contributed by atoms with E-state index in [-0.39, 0.29) is 11.8 Å². The SMILES string of the molecule is CC1(CN2Cc3nc(-c4cc(F)cc(F)c4)sc3C2)Cn2cc([N+](=O)[O-])nc2O1. The third-order valence-corrected chi connectivity index (χ3v) is 6.07. The zero-order chi connectivity index (χ0) is 20.3. The van der Waals surface area contributed by atoms with E-state index in [2.05, 4.69) is 14.9 Å². The number of imidazole rings is 1. The van der Waals surface area contributed by atoms with Gasteiger partial charge in [0, 0.05) is 41.1 Å². The molecule has 2 aliphatic rings. The van der Waals surface area contributed by atoms with Gasteiger partial charge < -0.3 is 14.9 Å². The monoisotopic (exact) mass is 419 g/mol. The van der Waals surface area contributed by atoms with Crippen LogP contribution in [0.1, 0.15) is 17.5 Å². The van der Waals surface area contributed by atoms with Crippen LogP contribution in [0.5, 0.6) is 6.01 Å². The van der Waals surface area contributed by atoms with Gasteiger partial charge in [-0.3, -0.25) is 9.47 Å². The Morgan fingerprint density at radius 1 is 1.28 bits per heavy atom. The quantitative estimate of drug-likeness (QED) is 0.476. The van der Waals surface area contributed by atoms with Gasteiger partial charge in [0.1, 0.15) is 28.4 Å². The van der Waals surface area contributed by atoms with Gasteiger partial charge >= 0.3 is 11.8 Å². The maximum atomic E-state index is 13.5. The molecule has 1 unspecified atom stereocenters. The molecule has 0 radical (unpaired) electrons. The number of hydrogen-bond donors (Lipinski definition) is 0. The zero-order valence-electron chi connectivity index (χ0n) is 15.3. The van der Waals surface area contributed by atoms with Crippen molar-refractivity contribution in [3.05, 3.63) is 56.7 Å². The van der Waals surface area contributed by atoms with E-state index in [1.165, 1.54) is 29.7 Å². The van der Waals surface area contributed by atoms with Crippen molar-refractivity contribution in [3.8, 4) is 16.6 Å². The van der Waals surface area contributed by atoms with Crippen LogP contribution < -0.4 is 4.74 Å². The fourth-order valence-corrected chi connectivity index (χ4v) is 4.95. The van der Waals surface area contributed by atoms with Crippen LogP contribution in [0.4, 0.5) is 14.6 Å². The van der Waals surface area contributed by atoms with Crippen molar-refractivity contribution in [3.63, 3.8) is 0 Å². The Morgan fingerprint density at radius 2 is 2.03 bits per heavy atom. The fraction of sp³-hybridized carbons (Fsp3) is 0.333. The molecule has 0 fully saturated rings. The van der Waals surface area contributed by atoms with E-state index in [0.717, 1.165) is 16.6 Å². The summed E-state index contributed by atoms with van der Waals surface area (Å²) in [7, 11) is 0. The minimum Gasteiger partial charge on any atom is -0.436 e. The molecule has 0 aliphatic carbocycles. The summed E-state index contributed by atoms with van der Waals surface area (Å²) < 4.78 is 34.5. The third-order valence-electron chi connectivity index (χ3n) is 4.94. The lowest BCUT2D eigenvalue weighted by Gasteiger charge is -2.27. The number of fused-ring (bicyclic) bond motifs is 2. The first-order valence-electron chi connectivity index (χ1n) is 8.86. The van der Waals surface area contributed by atoms with Crippen molar-refractivity contribution in [2.75, 3.05) is 6.54 Å². The van der Waals surface area contributed by atoms with E-state index >= 15 is 0 Å². The molecule has 0 saturated heterocycles. The molecular weight excluding hydrogens is 404 g/mol. The molecule has 1 atom stereocenters. The van der Waals surface area contributed by atoms with Crippen LogP contribution in [-0.4, -0.2) is 36.5 Å². The van der Waals surface area contributed by atoms with Crippen LogP contribution in [0.15, 0.2) is 24.4 Å². The summed E-state index contributed by atoms with van der Waals surface area (Å²) >= 11 is 1.43. The molecule has 0 bridgehead atoms. The van der Waals surface area contributed by atoms with Crippen LogP contribution in [0.25, 0.3) is 10.6 Å². The van der Waals surface area contributed by atoms with Crippen molar-refractivity contribution in [1.29, 1.82) is 0 Å². The van der Waals surface area contributed by atoms with Crippen molar-refractivity contribution >= 4 is 17.2 Å². The molecule has 0 N–H and O–H groups in total. The fourth-order valence-electron chi connectivity index (χ4n) is 3.85. The van der Waals surface area contributed by atoms with Gasteiger partial charge in [0.05, 0.1) is 12.2 Å². The molecule has 2 aromatic heterocycles. The molecule has 150 valence electrons. The first-order chi connectivity index (χ1) is 13.8. The van der Waals surface area contributed by atoms with Crippen molar-refractivity contribution in [2.45, 2.75) is 32.2 Å². The van der Waals surface area contributed by atoms with Gasteiger partial charge in [-0.15, -0.1) is 11.3 Å². The molecular formula is C18H15F2N5O3S. The van der Waals surface area contributed by atoms with Gasteiger partial charge in [-0.25, -0.2) is 13.8 Å². The topological polar surface area (TPSA) is 86.3 Å². The maximum Gasteiger partial charge on any atom is 0.415 e. The molecule has 1 aromatic carbocycles. The molecule has 0 spiro atoms. The second-order valence-corrected chi connectivity index (χ2v) is 8.59. The van der Waals surface area contributed by atoms with E-state index in [9.17, 15) is 18.9 Å². The molecule has 11 heteroatoms.